The lowest BCUT2D eigenvalue weighted by atomic mass is 10.1. The highest BCUT2D eigenvalue weighted by molar-refractivity contribution is 5.76. The third-order valence-electron chi connectivity index (χ3n) is 2.88. The molecule has 1 aromatic carbocycles. The zero-order valence-electron chi connectivity index (χ0n) is 11.4. The minimum atomic E-state index is -0.0232. The molecule has 0 atom stereocenters. The van der Waals surface area contributed by atoms with E-state index < -0.39 is 0 Å². The van der Waals surface area contributed by atoms with Gasteiger partial charge in [-0.1, -0.05) is 30.3 Å². The van der Waals surface area contributed by atoms with Crippen LogP contribution in [0, 0.1) is 0 Å². The van der Waals surface area contributed by atoms with Crippen LogP contribution in [-0.4, -0.2) is 20.1 Å². The van der Waals surface area contributed by atoms with Gasteiger partial charge in [0, 0.05) is 23.4 Å². The van der Waals surface area contributed by atoms with Crippen molar-refractivity contribution < 1.29 is 0 Å². The van der Waals surface area contributed by atoms with Gasteiger partial charge in [0.15, 0.2) is 11.5 Å². The Balaban J connectivity index is 2.18. The second-order valence-corrected chi connectivity index (χ2v) is 5.71. The van der Waals surface area contributed by atoms with Gasteiger partial charge in [0.25, 0.3) is 0 Å². The van der Waals surface area contributed by atoms with E-state index in [-0.39, 0.29) is 5.54 Å². The topological polar surface area (TPSA) is 45.1 Å². The first-order valence-electron chi connectivity index (χ1n) is 6.44. The lowest BCUT2D eigenvalue weighted by molar-refractivity contribution is 0.627. The minimum Gasteiger partial charge on any atom is -0.364 e. The van der Waals surface area contributed by atoms with E-state index in [1.807, 2.05) is 35.0 Å². The van der Waals surface area contributed by atoms with Crippen LogP contribution in [0.15, 0.2) is 42.6 Å². The number of fused-ring (bicyclic) bond motifs is 1. The summed E-state index contributed by atoms with van der Waals surface area (Å²) < 4.78 is 1.98. The van der Waals surface area contributed by atoms with Crippen molar-refractivity contribution in [3.8, 4) is 11.3 Å². The molecule has 0 bridgehead atoms. The molecule has 98 valence electrons. The number of imidazole rings is 1. The lowest BCUT2D eigenvalue weighted by Crippen LogP contribution is -2.27. The van der Waals surface area contributed by atoms with Gasteiger partial charge < -0.3 is 5.32 Å². The van der Waals surface area contributed by atoms with E-state index in [4.69, 9.17) is 4.98 Å². The van der Waals surface area contributed by atoms with Gasteiger partial charge in [0.2, 0.25) is 0 Å². The predicted molar refractivity (Wildman–Crippen MR) is 78.4 cm³/mol. The molecule has 0 saturated carbocycles. The summed E-state index contributed by atoms with van der Waals surface area (Å²) in [6.07, 6.45) is 1.89. The van der Waals surface area contributed by atoms with E-state index in [2.05, 4.69) is 43.3 Å². The van der Waals surface area contributed by atoms with Gasteiger partial charge in [-0.15, -0.1) is 0 Å². The molecule has 0 spiro atoms. The maximum atomic E-state index is 4.70. The summed E-state index contributed by atoms with van der Waals surface area (Å²) in [6.45, 7) is 6.43. The van der Waals surface area contributed by atoms with Gasteiger partial charge >= 0.3 is 0 Å². The van der Waals surface area contributed by atoms with Crippen molar-refractivity contribution in [3.63, 3.8) is 0 Å². The third kappa shape index (κ3) is 2.21. The summed E-state index contributed by atoms with van der Waals surface area (Å²) in [5.74, 6) is 0.999. The van der Waals surface area contributed by atoms with Gasteiger partial charge in [0.05, 0.1) is 0 Å². The van der Waals surface area contributed by atoms with Crippen LogP contribution >= 0.6 is 0 Å². The summed E-state index contributed by atoms with van der Waals surface area (Å²) in [7, 11) is 0. The second-order valence-electron chi connectivity index (χ2n) is 5.71. The smallest absolute Gasteiger partial charge is 0.155 e. The average Bonchev–Trinajstić information content (AvgIpc) is 2.92. The van der Waals surface area contributed by atoms with Gasteiger partial charge in [-0.2, -0.15) is 0 Å². The lowest BCUT2D eigenvalue weighted by Gasteiger charge is -2.22. The number of benzene rings is 1. The number of aromatic amines is 1. The Morgan fingerprint density at radius 1 is 1.11 bits per heavy atom. The van der Waals surface area contributed by atoms with Crippen molar-refractivity contribution in [2.24, 2.45) is 0 Å². The Hall–Kier alpha value is -2.23. The molecule has 4 nitrogen and oxygen atoms in total. The Bertz CT molecular complexity index is 686. The van der Waals surface area contributed by atoms with Crippen LogP contribution in [0.2, 0.25) is 0 Å². The van der Waals surface area contributed by atoms with E-state index in [0.717, 1.165) is 22.7 Å². The number of nitrogens with zero attached hydrogens (tertiary/aromatic N) is 2. The molecule has 3 aromatic rings. The van der Waals surface area contributed by atoms with Crippen molar-refractivity contribution in [2.75, 3.05) is 5.32 Å². The van der Waals surface area contributed by atoms with E-state index in [1.54, 1.807) is 0 Å². The summed E-state index contributed by atoms with van der Waals surface area (Å²) in [6, 6.07) is 12.2. The maximum absolute atomic E-state index is 4.70. The molecular weight excluding hydrogens is 236 g/mol. The number of rotatable bonds is 2. The molecule has 2 heterocycles. The first-order valence-corrected chi connectivity index (χ1v) is 6.44. The molecule has 0 aliphatic carbocycles. The van der Waals surface area contributed by atoms with Crippen LogP contribution in [0.25, 0.3) is 16.9 Å². The highest BCUT2D eigenvalue weighted by Crippen LogP contribution is 2.29. The van der Waals surface area contributed by atoms with E-state index in [0.29, 0.717) is 0 Å². The molecule has 0 fully saturated rings. The summed E-state index contributed by atoms with van der Waals surface area (Å²) in [5.41, 5.74) is 2.99. The van der Waals surface area contributed by atoms with Crippen LogP contribution < -0.4 is 5.32 Å². The van der Waals surface area contributed by atoms with Crippen molar-refractivity contribution in [3.05, 3.63) is 42.6 Å². The quantitative estimate of drug-likeness (QED) is 0.734. The fourth-order valence-electron chi connectivity index (χ4n) is 2.13. The van der Waals surface area contributed by atoms with Crippen LogP contribution in [0.5, 0.6) is 0 Å². The summed E-state index contributed by atoms with van der Waals surface area (Å²) in [4.78, 5) is 4.70. The van der Waals surface area contributed by atoms with Crippen LogP contribution in [0.1, 0.15) is 20.8 Å². The maximum Gasteiger partial charge on any atom is 0.155 e. The largest absolute Gasteiger partial charge is 0.364 e. The molecule has 0 unspecified atom stereocenters. The fourth-order valence-corrected chi connectivity index (χ4v) is 2.13. The molecule has 2 N–H and O–H groups in total. The number of anilines is 1. The first kappa shape index (κ1) is 11.8. The molecular formula is C15H18N4. The van der Waals surface area contributed by atoms with Gasteiger partial charge in [-0.25, -0.2) is 9.50 Å². The van der Waals surface area contributed by atoms with Crippen molar-refractivity contribution in [1.29, 1.82) is 0 Å². The molecule has 2 aromatic heterocycles. The molecule has 3 rings (SSSR count). The molecule has 0 aliphatic rings. The number of H-pyrrole nitrogens is 1. The van der Waals surface area contributed by atoms with Gasteiger partial charge in [-0.3, -0.25) is 5.10 Å². The number of hydrogen-bond acceptors (Lipinski definition) is 2. The molecule has 4 heteroatoms. The standard InChI is InChI=1S/C15H18N4/c1-15(2,3)18-14-13(11-7-5-4-6-8-11)17-12-9-10-16-19(12)14/h4-10,16,18H,1-3H3. The van der Waals surface area contributed by atoms with Crippen LogP contribution in [0.4, 0.5) is 5.82 Å². The highest BCUT2D eigenvalue weighted by atomic mass is 15.3. The molecule has 0 aliphatic heterocycles. The Labute approximate surface area is 112 Å². The summed E-state index contributed by atoms with van der Waals surface area (Å²) >= 11 is 0. The van der Waals surface area contributed by atoms with Gasteiger partial charge in [-0.05, 0) is 20.8 Å². The Morgan fingerprint density at radius 3 is 2.53 bits per heavy atom. The third-order valence-corrected chi connectivity index (χ3v) is 2.88. The van der Waals surface area contributed by atoms with Crippen LogP contribution in [0.3, 0.4) is 0 Å². The van der Waals surface area contributed by atoms with Crippen molar-refractivity contribution in [1.82, 2.24) is 14.6 Å². The molecule has 19 heavy (non-hydrogen) atoms. The highest BCUT2D eigenvalue weighted by Gasteiger charge is 2.19. The minimum absolute atomic E-state index is 0.0232. The van der Waals surface area contributed by atoms with E-state index in [9.17, 15) is 0 Å². The molecule has 0 amide bonds. The van der Waals surface area contributed by atoms with E-state index >= 15 is 0 Å². The molecule has 0 saturated heterocycles. The van der Waals surface area contributed by atoms with Crippen molar-refractivity contribution >= 4 is 11.5 Å². The van der Waals surface area contributed by atoms with Gasteiger partial charge in [0.1, 0.15) is 5.69 Å². The Morgan fingerprint density at radius 2 is 1.84 bits per heavy atom. The number of nitrogens with one attached hydrogen (secondary N) is 2. The monoisotopic (exact) mass is 254 g/mol. The van der Waals surface area contributed by atoms with Crippen LogP contribution in [-0.2, 0) is 0 Å². The average molecular weight is 254 g/mol. The number of aromatic nitrogens is 3. The predicted octanol–water partition coefficient (Wildman–Crippen LogP) is 3.54. The SMILES string of the molecule is CC(C)(C)Nc1c(-c2ccccc2)nc2cc[nH]n12. The summed E-state index contributed by atoms with van der Waals surface area (Å²) in [5, 5.41) is 6.72. The van der Waals surface area contributed by atoms with E-state index in [1.165, 1.54) is 0 Å². The zero-order valence-corrected chi connectivity index (χ0v) is 11.4. The zero-order chi connectivity index (χ0) is 13.5. The Kier molecular flexibility index (Phi) is 2.59. The number of hydrogen-bond donors (Lipinski definition) is 2. The van der Waals surface area contributed by atoms with Crippen molar-refractivity contribution in [2.45, 2.75) is 26.3 Å². The molecule has 0 radical (unpaired) electrons. The second kappa shape index (κ2) is 4.16. The normalized spacial score (nSPS) is 11.9. The first-order chi connectivity index (χ1) is 9.04. The fraction of sp³-hybridized carbons (Fsp3) is 0.267.